The SMILES string of the molecule is CCOc1ccc(NC(=O)CN2C(=O)S/C(=C/c3cc(OCC)c(OCC)cc3Br)C2=O)cc1. The second-order valence-electron chi connectivity index (χ2n) is 6.96. The molecule has 1 fully saturated rings. The van der Waals surface area contributed by atoms with Crippen LogP contribution in [0.2, 0.25) is 0 Å². The Bertz CT molecular complexity index is 1100. The van der Waals surface area contributed by atoms with Crippen LogP contribution in [-0.4, -0.2) is 48.3 Å². The number of anilines is 1. The van der Waals surface area contributed by atoms with Crippen LogP contribution < -0.4 is 19.5 Å². The van der Waals surface area contributed by atoms with E-state index in [0.29, 0.717) is 52.8 Å². The molecule has 10 heteroatoms. The zero-order valence-electron chi connectivity index (χ0n) is 19.1. The average Bonchev–Trinajstić information content (AvgIpc) is 3.06. The Morgan fingerprint density at radius 2 is 1.62 bits per heavy atom. The van der Waals surface area contributed by atoms with Gasteiger partial charge >= 0.3 is 0 Å². The van der Waals surface area contributed by atoms with Crippen molar-refractivity contribution in [1.82, 2.24) is 4.90 Å². The van der Waals surface area contributed by atoms with Gasteiger partial charge in [-0.2, -0.15) is 0 Å². The molecule has 1 saturated heterocycles. The maximum atomic E-state index is 12.9. The Morgan fingerprint density at radius 3 is 2.24 bits per heavy atom. The summed E-state index contributed by atoms with van der Waals surface area (Å²) in [5.41, 5.74) is 1.19. The molecular formula is C24H25BrN2O6S. The first-order valence-corrected chi connectivity index (χ1v) is 12.3. The van der Waals surface area contributed by atoms with E-state index in [-0.39, 0.29) is 11.4 Å². The van der Waals surface area contributed by atoms with Gasteiger partial charge in [0, 0.05) is 10.2 Å². The van der Waals surface area contributed by atoms with Crippen molar-refractivity contribution in [3.8, 4) is 17.2 Å². The molecule has 1 aliphatic rings. The molecule has 180 valence electrons. The standard InChI is InChI=1S/C24H25BrN2O6S/c1-4-31-17-9-7-16(8-10-17)26-22(28)14-27-23(29)21(34-24(27)30)12-15-11-19(32-5-2)20(33-6-3)13-18(15)25/h7-13H,4-6,14H2,1-3H3,(H,26,28)/b21-12+. The third kappa shape index (κ3) is 6.32. The number of benzene rings is 2. The van der Waals surface area contributed by atoms with E-state index in [2.05, 4.69) is 21.2 Å². The molecular weight excluding hydrogens is 524 g/mol. The third-order valence-corrected chi connectivity index (χ3v) is 6.17. The fourth-order valence-electron chi connectivity index (χ4n) is 3.12. The summed E-state index contributed by atoms with van der Waals surface area (Å²) in [6, 6.07) is 10.3. The van der Waals surface area contributed by atoms with E-state index in [4.69, 9.17) is 14.2 Å². The number of halogens is 1. The van der Waals surface area contributed by atoms with Gasteiger partial charge in [-0.1, -0.05) is 15.9 Å². The first-order valence-electron chi connectivity index (χ1n) is 10.7. The van der Waals surface area contributed by atoms with E-state index in [1.54, 1.807) is 42.5 Å². The Kier molecular flexibility index (Phi) is 9.00. The molecule has 0 atom stereocenters. The number of ether oxygens (including phenoxy) is 3. The van der Waals surface area contributed by atoms with Crippen LogP contribution in [0.5, 0.6) is 17.2 Å². The lowest BCUT2D eigenvalue weighted by molar-refractivity contribution is -0.127. The van der Waals surface area contributed by atoms with Gasteiger partial charge < -0.3 is 19.5 Å². The molecule has 1 N–H and O–H groups in total. The lowest BCUT2D eigenvalue weighted by Gasteiger charge is -2.13. The molecule has 2 aromatic carbocycles. The fourth-order valence-corrected chi connectivity index (χ4v) is 4.39. The van der Waals surface area contributed by atoms with E-state index < -0.39 is 17.1 Å². The zero-order chi connectivity index (χ0) is 24.7. The molecule has 0 saturated carbocycles. The molecule has 3 rings (SSSR count). The quantitative estimate of drug-likeness (QED) is 0.401. The van der Waals surface area contributed by atoms with E-state index >= 15 is 0 Å². The summed E-state index contributed by atoms with van der Waals surface area (Å²) in [6.07, 6.45) is 1.59. The first kappa shape index (κ1) is 25.6. The van der Waals surface area contributed by atoms with Gasteiger partial charge in [0.15, 0.2) is 11.5 Å². The molecule has 0 aliphatic carbocycles. The minimum Gasteiger partial charge on any atom is -0.494 e. The van der Waals surface area contributed by atoms with Gasteiger partial charge in [-0.15, -0.1) is 0 Å². The molecule has 8 nitrogen and oxygen atoms in total. The molecule has 3 amide bonds. The second kappa shape index (κ2) is 11.9. The number of nitrogens with one attached hydrogen (secondary N) is 1. The van der Waals surface area contributed by atoms with E-state index in [1.165, 1.54) is 0 Å². The Balaban J connectivity index is 1.72. The Hall–Kier alpha value is -2.98. The van der Waals surface area contributed by atoms with Crippen LogP contribution in [0.25, 0.3) is 6.08 Å². The van der Waals surface area contributed by atoms with Crippen molar-refractivity contribution in [1.29, 1.82) is 0 Å². The predicted molar refractivity (Wildman–Crippen MR) is 135 cm³/mol. The van der Waals surface area contributed by atoms with Crippen molar-refractivity contribution in [2.24, 2.45) is 0 Å². The summed E-state index contributed by atoms with van der Waals surface area (Å²) in [6.45, 7) is 6.70. The third-order valence-electron chi connectivity index (χ3n) is 4.57. The molecule has 34 heavy (non-hydrogen) atoms. The maximum absolute atomic E-state index is 12.9. The highest BCUT2D eigenvalue weighted by Gasteiger charge is 2.36. The van der Waals surface area contributed by atoms with Gasteiger partial charge in [0.05, 0.1) is 24.7 Å². The first-order chi connectivity index (χ1) is 16.4. The predicted octanol–water partition coefficient (Wildman–Crippen LogP) is 5.32. The summed E-state index contributed by atoms with van der Waals surface area (Å²) >= 11 is 4.26. The van der Waals surface area contributed by atoms with Crippen LogP contribution >= 0.6 is 27.7 Å². The number of nitrogens with zero attached hydrogens (tertiary/aromatic N) is 1. The van der Waals surface area contributed by atoms with Crippen molar-refractivity contribution < 1.29 is 28.6 Å². The summed E-state index contributed by atoms with van der Waals surface area (Å²) < 4.78 is 17.3. The summed E-state index contributed by atoms with van der Waals surface area (Å²) in [4.78, 5) is 38.9. The molecule has 0 aromatic heterocycles. The monoisotopic (exact) mass is 548 g/mol. The van der Waals surface area contributed by atoms with Crippen LogP contribution in [0.3, 0.4) is 0 Å². The minimum atomic E-state index is -0.532. The lowest BCUT2D eigenvalue weighted by Crippen LogP contribution is -2.36. The van der Waals surface area contributed by atoms with Crippen molar-refractivity contribution in [3.05, 3.63) is 51.3 Å². The van der Waals surface area contributed by atoms with Crippen LogP contribution in [0.4, 0.5) is 10.5 Å². The molecule has 1 aliphatic heterocycles. The number of thioether (sulfide) groups is 1. The number of hydrogen-bond acceptors (Lipinski definition) is 7. The molecule has 2 aromatic rings. The van der Waals surface area contributed by atoms with Gasteiger partial charge in [0.2, 0.25) is 5.91 Å². The van der Waals surface area contributed by atoms with E-state index in [1.807, 2.05) is 20.8 Å². The normalized spacial score (nSPS) is 14.5. The van der Waals surface area contributed by atoms with Gasteiger partial charge in [0.25, 0.3) is 11.1 Å². The van der Waals surface area contributed by atoms with Crippen LogP contribution in [0, 0.1) is 0 Å². The highest BCUT2D eigenvalue weighted by Crippen LogP contribution is 2.38. The lowest BCUT2D eigenvalue weighted by atomic mass is 10.2. The van der Waals surface area contributed by atoms with Gasteiger partial charge in [-0.05, 0) is 80.6 Å². The van der Waals surface area contributed by atoms with Gasteiger partial charge in [-0.3, -0.25) is 19.3 Å². The van der Waals surface area contributed by atoms with E-state index in [9.17, 15) is 14.4 Å². The summed E-state index contributed by atoms with van der Waals surface area (Å²) in [7, 11) is 0. The van der Waals surface area contributed by atoms with Gasteiger partial charge in [0.1, 0.15) is 12.3 Å². The van der Waals surface area contributed by atoms with Crippen molar-refractivity contribution in [2.45, 2.75) is 20.8 Å². The average molecular weight is 549 g/mol. The van der Waals surface area contributed by atoms with Crippen molar-refractivity contribution in [2.75, 3.05) is 31.7 Å². The number of carbonyl (C=O) groups is 3. The highest BCUT2D eigenvalue weighted by atomic mass is 79.9. The maximum Gasteiger partial charge on any atom is 0.294 e. The summed E-state index contributed by atoms with van der Waals surface area (Å²) in [5.74, 6) is 0.786. The van der Waals surface area contributed by atoms with Crippen LogP contribution in [0.15, 0.2) is 45.8 Å². The van der Waals surface area contributed by atoms with Crippen molar-refractivity contribution >= 4 is 56.5 Å². The zero-order valence-corrected chi connectivity index (χ0v) is 21.5. The summed E-state index contributed by atoms with van der Waals surface area (Å²) in [5, 5.41) is 2.18. The molecule has 0 bridgehead atoms. The number of carbonyl (C=O) groups excluding carboxylic acids is 3. The van der Waals surface area contributed by atoms with E-state index in [0.717, 1.165) is 16.7 Å². The number of amides is 3. The molecule has 0 unspecified atom stereocenters. The number of hydrogen-bond donors (Lipinski definition) is 1. The number of rotatable bonds is 10. The van der Waals surface area contributed by atoms with Gasteiger partial charge in [-0.25, -0.2) is 0 Å². The minimum absolute atomic E-state index is 0.214. The largest absolute Gasteiger partial charge is 0.494 e. The Morgan fingerprint density at radius 1 is 1.00 bits per heavy atom. The van der Waals surface area contributed by atoms with Crippen molar-refractivity contribution in [3.63, 3.8) is 0 Å². The number of imide groups is 1. The molecule has 0 radical (unpaired) electrons. The second-order valence-corrected chi connectivity index (χ2v) is 8.81. The topological polar surface area (TPSA) is 94.2 Å². The highest BCUT2D eigenvalue weighted by molar-refractivity contribution is 9.10. The fraction of sp³-hybridized carbons (Fsp3) is 0.292. The molecule has 0 spiro atoms. The molecule has 1 heterocycles. The Labute approximate surface area is 210 Å². The van der Waals surface area contributed by atoms with Crippen LogP contribution in [-0.2, 0) is 9.59 Å². The smallest absolute Gasteiger partial charge is 0.294 e. The van der Waals surface area contributed by atoms with Crippen LogP contribution in [0.1, 0.15) is 26.3 Å².